The summed E-state index contributed by atoms with van der Waals surface area (Å²) in [5.41, 5.74) is 0.514. The molecule has 1 fully saturated rings. The summed E-state index contributed by atoms with van der Waals surface area (Å²) in [7, 11) is 1.86. The fraction of sp³-hybridized carbons (Fsp3) is 0.778. The third-order valence-corrected chi connectivity index (χ3v) is 4.95. The van der Waals surface area contributed by atoms with Crippen LogP contribution in [0.5, 0.6) is 0 Å². The van der Waals surface area contributed by atoms with Gasteiger partial charge in [-0.3, -0.25) is 4.99 Å². The highest BCUT2D eigenvalue weighted by Gasteiger charge is 2.26. The molecule has 2 N–H and O–H groups in total. The van der Waals surface area contributed by atoms with Gasteiger partial charge in [-0.2, -0.15) is 0 Å². The quantitative estimate of drug-likeness (QED) is 0.303. The summed E-state index contributed by atoms with van der Waals surface area (Å²) in [4.78, 5) is 8.61. The predicted octanol–water partition coefficient (Wildman–Crippen LogP) is 3.72. The zero-order valence-corrected chi connectivity index (χ0v) is 18.0. The van der Waals surface area contributed by atoms with Crippen LogP contribution in [0, 0.1) is 12.3 Å². The minimum Gasteiger partial charge on any atom is -0.356 e. The first kappa shape index (κ1) is 21.3. The van der Waals surface area contributed by atoms with E-state index in [4.69, 9.17) is 0 Å². The van der Waals surface area contributed by atoms with E-state index in [0.29, 0.717) is 11.5 Å². The molecule has 0 aromatic carbocycles. The van der Waals surface area contributed by atoms with Gasteiger partial charge in [-0.1, -0.05) is 13.8 Å². The third kappa shape index (κ3) is 6.99. The van der Waals surface area contributed by atoms with Crippen LogP contribution >= 0.6 is 24.0 Å². The molecular formula is C18H34IN5. The number of guanidine groups is 1. The van der Waals surface area contributed by atoms with E-state index in [2.05, 4.69) is 45.9 Å². The van der Waals surface area contributed by atoms with E-state index in [9.17, 15) is 0 Å². The number of hydrogen-bond acceptors (Lipinski definition) is 2. The van der Waals surface area contributed by atoms with Crippen LogP contribution in [-0.2, 0) is 6.54 Å². The van der Waals surface area contributed by atoms with Gasteiger partial charge in [-0.15, -0.1) is 24.0 Å². The lowest BCUT2D eigenvalue weighted by Crippen LogP contribution is -2.45. The first-order valence-electron chi connectivity index (χ1n) is 8.95. The molecule has 0 unspecified atom stereocenters. The summed E-state index contributed by atoms with van der Waals surface area (Å²) in [6.45, 7) is 8.80. The fourth-order valence-electron chi connectivity index (χ4n) is 3.19. The Bertz CT molecular complexity index is 499. The number of unbranched alkanes of at least 4 members (excludes halogenated alkanes) is 1. The van der Waals surface area contributed by atoms with Gasteiger partial charge >= 0.3 is 0 Å². The van der Waals surface area contributed by atoms with Crippen molar-refractivity contribution in [2.45, 2.75) is 71.9 Å². The van der Waals surface area contributed by atoms with Crippen LogP contribution in [0.1, 0.15) is 58.2 Å². The van der Waals surface area contributed by atoms with E-state index in [-0.39, 0.29) is 24.0 Å². The molecule has 2 rings (SSSR count). The molecule has 1 heterocycles. The molecule has 1 aromatic rings. The molecule has 0 saturated heterocycles. The molecule has 1 aliphatic rings. The number of nitrogens with zero attached hydrogens (tertiary/aromatic N) is 3. The fourth-order valence-corrected chi connectivity index (χ4v) is 3.19. The minimum atomic E-state index is 0. The van der Waals surface area contributed by atoms with E-state index in [1.54, 1.807) is 0 Å². The lowest BCUT2D eigenvalue weighted by molar-refractivity contribution is 0.216. The minimum absolute atomic E-state index is 0. The Hall–Kier alpha value is -0.790. The van der Waals surface area contributed by atoms with Gasteiger partial charge in [-0.25, -0.2) is 4.98 Å². The van der Waals surface area contributed by atoms with Gasteiger partial charge in [0, 0.05) is 38.6 Å². The van der Waals surface area contributed by atoms with Crippen LogP contribution in [0.3, 0.4) is 0 Å². The van der Waals surface area contributed by atoms with Gasteiger partial charge in [0.1, 0.15) is 5.82 Å². The van der Waals surface area contributed by atoms with Gasteiger partial charge in [-0.05, 0) is 50.9 Å². The van der Waals surface area contributed by atoms with Crippen LogP contribution in [0.4, 0.5) is 0 Å². The van der Waals surface area contributed by atoms with Gasteiger partial charge in [0.2, 0.25) is 0 Å². The molecular weight excluding hydrogens is 413 g/mol. The van der Waals surface area contributed by atoms with Crippen LogP contribution < -0.4 is 10.6 Å². The molecule has 6 heteroatoms. The van der Waals surface area contributed by atoms with Gasteiger partial charge in [0.15, 0.2) is 5.96 Å². The van der Waals surface area contributed by atoms with Crippen molar-refractivity contribution >= 4 is 29.9 Å². The molecule has 0 atom stereocenters. The van der Waals surface area contributed by atoms with E-state index < -0.39 is 0 Å². The van der Waals surface area contributed by atoms with Crippen molar-refractivity contribution in [2.24, 2.45) is 10.4 Å². The summed E-state index contributed by atoms with van der Waals surface area (Å²) in [6.07, 6.45) is 11.3. The zero-order valence-electron chi connectivity index (χ0n) is 15.6. The maximum absolute atomic E-state index is 4.36. The molecule has 1 aromatic heterocycles. The molecule has 0 spiro atoms. The molecule has 5 nitrogen and oxygen atoms in total. The largest absolute Gasteiger partial charge is 0.356 e. The van der Waals surface area contributed by atoms with E-state index >= 15 is 0 Å². The van der Waals surface area contributed by atoms with E-state index in [1.165, 1.54) is 25.7 Å². The Kier molecular flexibility index (Phi) is 9.08. The molecule has 24 heavy (non-hydrogen) atoms. The number of imidazole rings is 1. The number of aliphatic imine (C=N–C) groups is 1. The Balaban J connectivity index is 0.00000288. The second-order valence-electron chi connectivity index (χ2n) is 7.46. The lowest BCUT2D eigenvalue weighted by Gasteiger charge is -2.35. The number of aromatic nitrogens is 2. The number of aryl methyl sites for hydroxylation is 2. The van der Waals surface area contributed by atoms with E-state index in [0.717, 1.165) is 37.7 Å². The second-order valence-corrected chi connectivity index (χ2v) is 7.46. The highest BCUT2D eigenvalue weighted by atomic mass is 127. The smallest absolute Gasteiger partial charge is 0.191 e. The topological polar surface area (TPSA) is 54.2 Å². The standard InChI is InChI=1S/C18H33N5.HI/c1-15-20-12-14-23(15)13-6-5-11-21-17(19-4)22-16-7-9-18(2,3)10-8-16;/h12,14,16H,5-11,13H2,1-4H3,(H2,19,21,22);1H. The predicted molar refractivity (Wildman–Crippen MR) is 112 cm³/mol. The highest BCUT2D eigenvalue weighted by molar-refractivity contribution is 14.0. The maximum Gasteiger partial charge on any atom is 0.191 e. The van der Waals surface area contributed by atoms with Gasteiger partial charge in [0.25, 0.3) is 0 Å². The number of nitrogens with one attached hydrogen (secondary N) is 2. The summed E-state index contributed by atoms with van der Waals surface area (Å²) in [5.74, 6) is 2.05. The van der Waals surface area contributed by atoms with Crippen molar-refractivity contribution in [3.63, 3.8) is 0 Å². The average molecular weight is 447 g/mol. The number of hydrogen-bond donors (Lipinski definition) is 2. The van der Waals surface area contributed by atoms with Crippen molar-refractivity contribution in [2.75, 3.05) is 13.6 Å². The molecule has 1 aliphatic carbocycles. The second kappa shape index (κ2) is 10.3. The molecule has 0 radical (unpaired) electrons. The van der Waals surface area contributed by atoms with Gasteiger partial charge in [0.05, 0.1) is 0 Å². The molecule has 0 bridgehead atoms. The van der Waals surface area contributed by atoms with E-state index in [1.807, 2.05) is 19.4 Å². The van der Waals surface area contributed by atoms with Crippen molar-refractivity contribution in [3.05, 3.63) is 18.2 Å². The van der Waals surface area contributed by atoms with Gasteiger partial charge < -0.3 is 15.2 Å². The average Bonchev–Trinajstić information content (AvgIpc) is 2.93. The normalized spacial score (nSPS) is 18.1. The maximum atomic E-state index is 4.36. The Morgan fingerprint density at radius 1 is 1.33 bits per heavy atom. The number of halogens is 1. The van der Waals surface area contributed by atoms with Crippen LogP contribution in [-0.4, -0.2) is 35.1 Å². The number of rotatable bonds is 6. The third-order valence-electron chi connectivity index (χ3n) is 4.95. The first-order valence-corrected chi connectivity index (χ1v) is 8.95. The Morgan fingerprint density at radius 3 is 2.62 bits per heavy atom. The Morgan fingerprint density at radius 2 is 2.04 bits per heavy atom. The molecule has 138 valence electrons. The SMILES string of the molecule is CN=C(NCCCCn1ccnc1C)NC1CCC(C)(C)CC1.I. The highest BCUT2D eigenvalue weighted by Crippen LogP contribution is 2.34. The van der Waals surface area contributed by atoms with Crippen molar-refractivity contribution < 1.29 is 0 Å². The zero-order chi connectivity index (χ0) is 16.7. The summed E-state index contributed by atoms with van der Waals surface area (Å²) in [5, 5.41) is 7.03. The van der Waals surface area contributed by atoms with Crippen molar-refractivity contribution in [1.82, 2.24) is 20.2 Å². The van der Waals surface area contributed by atoms with Crippen LogP contribution in [0.2, 0.25) is 0 Å². The van der Waals surface area contributed by atoms with Crippen molar-refractivity contribution in [3.8, 4) is 0 Å². The monoisotopic (exact) mass is 447 g/mol. The lowest BCUT2D eigenvalue weighted by atomic mass is 9.75. The Labute approximate surface area is 164 Å². The summed E-state index contributed by atoms with van der Waals surface area (Å²) < 4.78 is 2.21. The van der Waals surface area contributed by atoms with Crippen LogP contribution in [0.15, 0.2) is 17.4 Å². The molecule has 0 amide bonds. The van der Waals surface area contributed by atoms with Crippen molar-refractivity contribution in [1.29, 1.82) is 0 Å². The molecule has 0 aliphatic heterocycles. The summed E-state index contributed by atoms with van der Waals surface area (Å²) >= 11 is 0. The van der Waals surface area contributed by atoms with Crippen LogP contribution in [0.25, 0.3) is 0 Å². The first-order chi connectivity index (χ1) is 11.0. The summed E-state index contributed by atoms with van der Waals surface area (Å²) in [6, 6.07) is 0.572. The molecule has 1 saturated carbocycles.